The molecular formula is C13H19ClN2O2. The van der Waals surface area contributed by atoms with Gasteiger partial charge in [0.1, 0.15) is 11.5 Å². The van der Waals surface area contributed by atoms with Crippen molar-refractivity contribution in [3.63, 3.8) is 0 Å². The summed E-state index contributed by atoms with van der Waals surface area (Å²) in [5.74, 6) is 0.810. The quantitative estimate of drug-likeness (QED) is 0.882. The van der Waals surface area contributed by atoms with E-state index in [1.54, 1.807) is 19.2 Å². The summed E-state index contributed by atoms with van der Waals surface area (Å²) in [6.07, 6.45) is 0. The molecule has 1 heterocycles. The number of aromatic hydroxyl groups is 1. The number of phenolic OH excluding ortho intramolecular Hbond substituents is 1. The lowest BCUT2D eigenvalue weighted by Crippen LogP contribution is -2.44. The number of nitrogens with zero attached hydrogens (tertiary/aromatic N) is 1. The fourth-order valence-corrected chi connectivity index (χ4v) is 2.56. The van der Waals surface area contributed by atoms with Gasteiger partial charge in [0.2, 0.25) is 0 Å². The Kier molecular flexibility index (Phi) is 4.32. The lowest BCUT2D eigenvalue weighted by molar-refractivity contribution is 0.180. The molecule has 18 heavy (non-hydrogen) atoms. The van der Waals surface area contributed by atoms with E-state index >= 15 is 0 Å². The highest BCUT2D eigenvalue weighted by Gasteiger charge is 2.24. The lowest BCUT2D eigenvalue weighted by Gasteiger charge is -2.34. The molecule has 4 nitrogen and oxygen atoms in total. The maximum atomic E-state index is 10.2. The highest BCUT2D eigenvalue weighted by atomic mass is 35.5. The van der Waals surface area contributed by atoms with Crippen molar-refractivity contribution in [2.45, 2.75) is 13.0 Å². The second-order valence-electron chi connectivity index (χ2n) is 4.47. The highest BCUT2D eigenvalue weighted by Crippen LogP contribution is 2.40. The van der Waals surface area contributed by atoms with Gasteiger partial charge in [-0.2, -0.15) is 0 Å². The van der Waals surface area contributed by atoms with E-state index in [1.807, 2.05) is 0 Å². The Morgan fingerprint density at radius 2 is 2.06 bits per heavy atom. The van der Waals surface area contributed by atoms with Gasteiger partial charge in [-0.25, -0.2) is 0 Å². The van der Waals surface area contributed by atoms with Crippen LogP contribution in [0.25, 0.3) is 0 Å². The SMILES string of the molecule is COc1ccc(Cl)c(O)c1[C@@H](C)N1CCNCC1. The minimum atomic E-state index is 0.0840. The van der Waals surface area contributed by atoms with Crippen LogP contribution in [0.15, 0.2) is 12.1 Å². The number of hydrogen-bond acceptors (Lipinski definition) is 4. The molecule has 2 rings (SSSR count). The maximum Gasteiger partial charge on any atom is 0.142 e. The first-order chi connectivity index (χ1) is 8.65. The van der Waals surface area contributed by atoms with Gasteiger partial charge in [-0.3, -0.25) is 4.90 Å². The zero-order valence-electron chi connectivity index (χ0n) is 10.7. The molecule has 0 radical (unpaired) electrons. The predicted octanol–water partition coefficient (Wildman–Crippen LogP) is 2.02. The van der Waals surface area contributed by atoms with E-state index in [2.05, 4.69) is 17.1 Å². The summed E-state index contributed by atoms with van der Waals surface area (Å²) in [7, 11) is 1.61. The van der Waals surface area contributed by atoms with Gasteiger partial charge in [-0.1, -0.05) is 11.6 Å². The van der Waals surface area contributed by atoms with Crippen LogP contribution in [-0.2, 0) is 0 Å². The van der Waals surface area contributed by atoms with Crippen molar-refractivity contribution in [3.8, 4) is 11.5 Å². The van der Waals surface area contributed by atoms with Crippen LogP contribution in [0.3, 0.4) is 0 Å². The fourth-order valence-electron chi connectivity index (χ4n) is 2.40. The van der Waals surface area contributed by atoms with Crippen LogP contribution < -0.4 is 10.1 Å². The second-order valence-corrected chi connectivity index (χ2v) is 4.88. The smallest absolute Gasteiger partial charge is 0.142 e. The van der Waals surface area contributed by atoms with E-state index in [0.29, 0.717) is 10.8 Å². The number of halogens is 1. The molecule has 0 spiro atoms. The number of hydrogen-bond donors (Lipinski definition) is 2. The molecule has 1 saturated heterocycles. The van der Waals surface area contributed by atoms with E-state index in [9.17, 15) is 5.11 Å². The van der Waals surface area contributed by atoms with Crippen LogP contribution in [0, 0.1) is 0 Å². The third kappa shape index (κ3) is 2.55. The second kappa shape index (κ2) is 5.78. The van der Waals surface area contributed by atoms with Gasteiger partial charge in [-0.05, 0) is 19.1 Å². The van der Waals surface area contributed by atoms with Crippen LogP contribution >= 0.6 is 11.6 Å². The average molecular weight is 271 g/mol. The number of phenols is 1. The topological polar surface area (TPSA) is 44.7 Å². The highest BCUT2D eigenvalue weighted by molar-refractivity contribution is 6.32. The summed E-state index contributed by atoms with van der Waals surface area (Å²) in [6.45, 7) is 5.91. The summed E-state index contributed by atoms with van der Waals surface area (Å²) in [5.41, 5.74) is 0.770. The summed E-state index contributed by atoms with van der Waals surface area (Å²) >= 11 is 5.99. The monoisotopic (exact) mass is 270 g/mol. The predicted molar refractivity (Wildman–Crippen MR) is 72.5 cm³/mol. The molecule has 100 valence electrons. The average Bonchev–Trinajstić information content (AvgIpc) is 2.42. The zero-order chi connectivity index (χ0) is 13.1. The molecule has 1 aromatic rings. The summed E-state index contributed by atoms with van der Waals surface area (Å²) < 4.78 is 5.33. The molecule has 0 bridgehead atoms. The van der Waals surface area contributed by atoms with Gasteiger partial charge in [0, 0.05) is 32.2 Å². The molecule has 1 aliphatic rings. The van der Waals surface area contributed by atoms with E-state index in [4.69, 9.17) is 16.3 Å². The van der Waals surface area contributed by atoms with Crippen molar-refractivity contribution >= 4 is 11.6 Å². The van der Waals surface area contributed by atoms with Crippen LogP contribution in [0.1, 0.15) is 18.5 Å². The number of nitrogens with one attached hydrogen (secondary N) is 1. The molecule has 0 aromatic heterocycles. The molecular weight excluding hydrogens is 252 g/mol. The first-order valence-corrected chi connectivity index (χ1v) is 6.53. The molecule has 1 aromatic carbocycles. The van der Waals surface area contributed by atoms with Crippen LogP contribution in [-0.4, -0.2) is 43.3 Å². The number of piperazine rings is 1. The third-order valence-corrected chi connectivity index (χ3v) is 3.77. The number of benzene rings is 1. The Morgan fingerprint density at radius 3 is 2.67 bits per heavy atom. The molecule has 1 fully saturated rings. The van der Waals surface area contributed by atoms with Crippen molar-refractivity contribution in [3.05, 3.63) is 22.7 Å². The number of rotatable bonds is 3. The lowest BCUT2D eigenvalue weighted by atomic mass is 10.0. The number of methoxy groups -OCH3 is 1. The standard InChI is InChI=1S/C13H19ClN2O2/c1-9(16-7-5-15-6-8-16)12-11(18-2)4-3-10(14)13(12)17/h3-4,9,15,17H,5-8H2,1-2H3/t9-/m1/s1. The summed E-state index contributed by atoms with van der Waals surface area (Å²) in [4.78, 5) is 2.31. The Morgan fingerprint density at radius 1 is 1.39 bits per heavy atom. The molecule has 0 amide bonds. The third-order valence-electron chi connectivity index (χ3n) is 3.46. The summed E-state index contributed by atoms with van der Waals surface area (Å²) in [6, 6.07) is 3.54. The van der Waals surface area contributed by atoms with E-state index in [-0.39, 0.29) is 11.8 Å². The first kappa shape index (κ1) is 13.5. The van der Waals surface area contributed by atoms with Crippen molar-refractivity contribution in [1.29, 1.82) is 0 Å². The van der Waals surface area contributed by atoms with Crippen molar-refractivity contribution in [2.75, 3.05) is 33.3 Å². The Bertz CT molecular complexity index is 420. The normalized spacial score (nSPS) is 18.6. The molecule has 1 atom stereocenters. The molecule has 1 aliphatic heterocycles. The fraction of sp³-hybridized carbons (Fsp3) is 0.538. The molecule has 0 unspecified atom stereocenters. The van der Waals surface area contributed by atoms with E-state index in [0.717, 1.165) is 31.7 Å². The van der Waals surface area contributed by atoms with Gasteiger partial charge >= 0.3 is 0 Å². The summed E-state index contributed by atoms with van der Waals surface area (Å²) in [5, 5.41) is 13.8. The van der Waals surface area contributed by atoms with E-state index < -0.39 is 0 Å². The van der Waals surface area contributed by atoms with Crippen molar-refractivity contribution < 1.29 is 9.84 Å². The molecule has 0 aliphatic carbocycles. The Balaban J connectivity index is 2.32. The van der Waals surface area contributed by atoms with Gasteiger partial charge < -0.3 is 15.2 Å². The van der Waals surface area contributed by atoms with Crippen molar-refractivity contribution in [2.24, 2.45) is 0 Å². The molecule has 0 saturated carbocycles. The Labute approximate surface area is 113 Å². The van der Waals surface area contributed by atoms with Crippen LogP contribution in [0.2, 0.25) is 5.02 Å². The van der Waals surface area contributed by atoms with Crippen molar-refractivity contribution in [1.82, 2.24) is 10.2 Å². The first-order valence-electron chi connectivity index (χ1n) is 6.15. The Hall–Kier alpha value is -0.970. The van der Waals surface area contributed by atoms with Crippen LogP contribution in [0.5, 0.6) is 11.5 Å². The van der Waals surface area contributed by atoms with Gasteiger partial charge in [0.25, 0.3) is 0 Å². The minimum absolute atomic E-state index is 0.0840. The minimum Gasteiger partial charge on any atom is -0.506 e. The van der Waals surface area contributed by atoms with Gasteiger partial charge in [0.05, 0.1) is 17.7 Å². The van der Waals surface area contributed by atoms with Gasteiger partial charge in [0.15, 0.2) is 0 Å². The molecule has 2 N–H and O–H groups in total. The van der Waals surface area contributed by atoms with Gasteiger partial charge in [-0.15, -0.1) is 0 Å². The number of ether oxygens (including phenoxy) is 1. The largest absolute Gasteiger partial charge is 0.506 e. The van der Waals surface area contributed by atoms with Crippen LogP contribution in [0.4, 0.5) is 0 Å². The zero-order valence-corrected chi connectivity index (χ0v) is 11.5. The maximum absolute atomic E-state index is 10.2. The molecule has 5 heteroatoms. The van der Waals surface area contributed by atoms with E-state index in [1.165, 1.54) is 0 Å².